The molecule has 0 bridgehead atoms. The Bertz CT molecular complexity index is 640. The van der Waals surface area contributed by atoms with Crippen LogP contribution in [0.15, 0.2) is 36.5 Å². The van der Waals surface area contributed by atoms with Crippen LogP contribution in [-0.2, 0) is 6.42 Å². The van der Waals surface area contributed by atoms with Crippen LogP contribution < -0.4 is 15.8 Å². The molecule has 0 saturated heterocycles. The minimum absolute atomic E-state index is 0.195. The van der Waals surface area contributed by atoms with E-state index in [4.69, 9.17) is 10.5 Å². The number of nitrogens with zero attached hydrogens (tertiary/aromatic N) is 1. The topological polar surface area (TPSA) is 77.2 Å². The van der Waals surface area contributed by atoms with Crippen molar-refractivity contribution in [3.05, 3.63) is 47.8 Å². The number of benzene rings is 1. The second-order valence-electron chi connectivity index (χ2n) is 4.34. The van der Waals surface area contributed by atoms with Gasteiger partial charge in [-0.2, -0.15) is 0 Å². The van der Waals surface area contributed by atoms with Gasteiger partial charge in [-0.05, 0) is 36.2 Å². The lowest BCUT2D eigenvalue weighted by Crippen LogP contribution is -2.12. The number of hydrogen-bond acceptors (Lipinski definition) is 4. The summed E-state index contributed by atoms with van der Waals surface area (Å²) in [6, 6.07) is 9.11. The van der Waals surface area contributed by atoms with Gasteiger partial charge >= 0.3 is 0 Å². The van der Waals surface area contributed by atoms with Crippen molar-refractivity contribution in [1.82, 2.24) is 4.98 Å². The number of ether oxygens (including phenoxy) is 1. The van der Waals surface area contributed by atoms with Gasteiger partial charge in [-0.3, -0.25) is 9.78 Å². The van der Waals surface area contributed by atoms with Crippen molar-refractivity contribution in [3.63, 3.8) is 0 Å². The Labute approximate surface area is 110 Å². The van der Waals surface area contributed by atoms with Gasteiger partial charge in [0.2, 0.25) is 0 Å². The van der Waals surface area contributed by atoms with Crippen molar-refractivity contribution < 1.29 is 9.53 Å². The van der Waals surface area contributed by atoms with Crippen molar-refractivity contribution in [3.8, 4) is 11.5 Å². The third kappa shape index (κ3) is 2.35. The van der Waals surface area contributed by atoms with E-state index in [1.807, 2.05) is 18.2 Å². The number of rotatable bonds is 3. The molecule has 1 amide bonds. The van der Waals surface area contributed by atoms with Crippen molar-refractivity contribution in [1.29, 1.82) is 0 Å². The lowest BCUT2D eigenvalue weighted by molar-refractivity contribution is 0.0995. The quantitative estimate of drug-likeness (QED) is 0.878. The van der Waals surface area contributed by atoms with Crippen LogP contribution in [0.2, 0.25) is 0 Å². The van der Waals surface area contributed by atoms with Crippen molar-refractivity contribution in [2.45, 2.75) is 6.42 Å². The number of amides is 1. The van der Waals surface area contributed by atoms with E-state index in [1.165, 1.54) is 17.8 Å². The first-order chi connectivity index (χ1) is 9.22. The Kier molecular flexibility index (Phi) is 2.79. The number of anilines is 1. The number of nitrogens with one attached hydrogen (secondary N) is 1. The van der Waals surface area contributed by atoms with Crippen LogP contribution in [0.4, 0.5) is 5.69 Å². The standard InChI is InChI=1S/C14H13N3O2/c15-14(18)13-8-11(4-6-17-13)19-10-1-2-12-9(7-10)3-5-16-12/h1-2,4,6-8,16H,3,5H2,(H2,15,18). The fourth-order valence-electron chi connectivity index (χ4n) is 2.09. The first-order valence-corrected chi connectivity index (χ1v) is 6.03. The van der Waals surface area contributed by atoms with Gasteiger partial charge in [-0.25, -0.2) is 0 Å². The van der Waals surface area contributed by atoms with Crippen LogP contribution in [0.5, 0.6) is 11.5 Å². The van der Waals surface area contributed by atoms with Crippen LogP contribution in [0.25, 0.3) is 0 Å². The minimum atomic E-state index is -0.566. The summed E-state index contributed by atoms with van der Waals surface area (Å²) in [6.07, 6.45) is 2.50. The molecule has 1 aliphatic heterocycles. The first kappa shape index (κ1) is 11.5. The zero-order chi connectivity index (χ0) is 13.2. The van der Waals surface area contributed by atoms with E-state index >= 15 is 0 Å². The highest BCUT2D eigenvalue weighted by atomic mass is 16.5. The molecule has 0 spiro atoms. The second-order valence-corrected chi connectivity index (χ2v) is 4.34. The van der Waals surface area contributed by atoms with E-state index in [9.17, 15) is 4.79 Å². The van der Waals surface area contributed by atoms with Crippen LogP contribution in [0.3, 0.4) is 0 Å². The van der Waals surface area contributed by atoms with Crippen LogP contribution in [0, 0.1) is 0 Å². The van der Waals surface area contributed by atoms with Crippen LogP contribution >= 0.6 is 0 Å². The molecule has 0 atom stereocenters. The highest BCUT2D eigenvalue weighted by Gasteiger charge is 2.11. The molecule has 3 rings (SSSR count). The molecule has 0 fully saturated rings. The highest BCUT2D eigenvalue weighted by molar-refractivity contribution is 5.91. The van der Waals surface area contributed by atoms with E-state index < -0.39 is 5.91 Å². The summed E-state index contributed by atoms with van der Waals surface area (Å²) >= 11 is 0. The van der Waals surface area contributed by atoms with Crippen molar-refractivity contribution in [2.24, 2.45) is 5.73 Å². The third-order valence-corrected chi connectivity index (χ3v) is 3.01. The number of fused-ring (bicyclic) bond motifs is 1. The number of aromatic nitrogens is 1. The van der Waals surface area contributed by atoms with Crippen LogP contribution in [-0.4, -0.2) is 17.4 Å². The van der Waals surface area contributed by atoms with Gasteiger partial charge in [0.15, 0.2) is 0 Å². The molecule has 1 aliphatic rings. The van der Waals surface area contributed by atoms with Gasteiger partial charge in [-0.1, -0.05) is 0 Å². The second kappa shape index (κ2) is 4.61. The van der Waals surface area contributed by atoms with E-state index in [-0.39, 0.29) is 5.69 Å². The minimum Gasteiger partial charge on any atom is -0.457 e. The molecule has 5 nitrogen and oxygen atoms in total. The number of pyridine rings is 1. The van der Waals surface area contributed by atoms with E-state index in [2.05, 4.69) is 10.3 Å². The van der Waals surface area contributed by atoms with Crippen LogP contribution in [0.1, 0.15) is 16.1 Å². The third-order valence-electron chi connectivity index (χ3n) is 3.01. The number of hydrogen-bond donors (Lipinski definition) is 2. The summed E-state index contributed by atoms with van der Waals surface area (Å²) in [7, 11) is 0. The van der Waals surface area contributed by atoms with Gasteiger partial charge in [0.05, 0.1) is 0 Å². The maximum atomic E-state index is 11.1. The number of primary amides is 1. The molecule has 2 heterocycles. The zero-order valence-corrected chi connectivity index (χ0v) is 10.2. The number of carbonyl (C=O) groups is 1. The summed E-state index contributed by atoms with van der Waals surface area (Å²) in [4.78, 5) is 14.9. The molecule has 5 heteroatoms. The van der Waals surface area contributed by atoms with Gasteiger partial charge in [-0.15, -0.1) is 0 Å². The Morgan fingerprint density at radius 3 is 2.95 bits per heavy atom. The molecular formula is C14H13N3O2. The monoisotopic (exact) mass is 255 g/mol. The maximum absolute atomic E-state index is 11.1. The summed E-state index contributed by atoms with van der Waals surface area (Å²) in [5, 5.41) is 3.29. The van der Waals surface area contributed by atoms with Gasteiger partial charge in [0.25, 0.3) is 5.91 Å². The Morgan fingerprint density at radius 2 is 2.11 bits per heavy atom. The van der Waals surface area contributed by atoms with E-state index in [0.717, 1.165) is 24.4 Å². The summed E-state index contributed by atoms with van der Waals surface area (Å²) in [6.45, 7) is 0.958. The molecule has 1 aromatic carbocycles. The normalized spacial score (nSPS) is 12.6. The SMILES string of the molecule is NC(=O)c1cc(Oc2ccc3c(c2)CCN3)ccn1. The smallest absolute Gasteiger partial charge is 0.267 e. The largest absolute Gasteiger partial charge is 0.457 e. The summed E-state index contributed by atoms with van der Waals surface area (Å²) in [5.74, 6) is 0.724. The van der Waals surface area contributed by atoms with Gasteiger partial charge < -0.3 is 15.8 Å². The summed E-state index contributed by atoms with van der Waals surface area (Å²) in [5.41, 5.74) is 7.77. The van der Waals surface area contributed by atoms with E-state index in [0.29, 0.717) is 5.75 Å². The molecular weight excluding hydrogens is 242 g/mol. The summed E-state index contributed by atoms with van der Waals surface area (Å²) < 4.78 is 5.72. The lowest BCUT2D eigenvalue weighted by atomic mass is 10.1. The molecule has 96 valence electrons. The Morgan fingerprint density at radius 1 is 1.26 bits per heavy atom. The van der Waals surface area contributed by atoms with E-state index in [1.54, 1.807) is 6.07 Å². The molecule has 2 aromatic rings. The average Bonchev–Trinajstić information content (AvgIpc) is 2.86. The van der Waals surface area contributed by atoms with Gasteiger partial charge in [0, 0.05) is 24.5 Å². The highest BCUT2D eigenvalue weighted by Crippen LogP contribution is 2.29. The Hall–Kier alpha value is -2.56. The Balaban J connectivity index is 1.85. The molecule has 1 aromatic heterocycles. The number of carbonyl (C=O) groups excluding carboxylic acids is 1. The van der Waals surface area contributed by atoms with Crippen molar-refractivity contribution in [2.75, 3.05) is 11.9 Å². The molecule has 3 N–H and O–H groups in total. The fraction of sp³-hybridized carbons (Fsp3) is 0.143. The molecule has 0 radical (unpaired) electrons. The zero-order valence-electron chi connectivity index (χ0n) is 10.2. The number of nitrogens with two attached hydrogens (primary N) is 1. The first-order valence-electron chi connectivity index (χ1n) is 6.03. The van der Waals surface area contributed by atoms with Crippen molar-refractivity contribution >= 4 is 11.6 Å². The average molecular weight is 255 g/mol. The molecule has 0 unspecified atom stereocenters. The fourth-order valence-corrected chi connectivity index (χ4v) is 2.09. The lowest BCUT2D eigenvalue weighted by Gasteiger charge is -2.08. The predicted octanol–water partition coefficient (Wildman–Crippen LogP) is 1.94. The molecule has 19 heavy (non-hydrogen) atoms. The maximum Gasteiger partial charge on any atom is 0.267 e. The molecule has 0 aliphatic carbocycles. The predicted molar refractivity (Wildman–Crippen MR) is 71.5 cm³/mol. The molecule has 0 saturated carbocycles. The van der Waals surface area contributed by atoms with Gasteiger partial charge in [0.1, 0.15) is 17.2 Å².